The van der Waals surface area contributed by atoms with Crippen molar-refractivity contribution in [1.82, 2.24) is 0 Å². The third-order valence-electron chi connectivity index (χ3n) is 9.24. The van der Waals surface area contributed by atoms with Gasteiger partial charge in [-0.05, 0) is 40.0 Å². The second kappa shape index (κ2) is 9.80. The van der Waals surface area contributed by atoms with E-state index in [9.17, 15) is 14.7 Å². The van der Waals surface area contributed by atoms with Gasteiger partial charge in [0, 0.05) is 24.0 Å². The minimum Gasteiger partial charge on any atom is -0.462 e. The van der Waals surface area contributed by atoms with Crippen LogP contribution in [0.3, 0.4) is 0 Å². The first kappa shape index (κ1) is 26.4. The van der Waals surface area contributed by atoms with E-state index in [-0.39, 0.29) is 18.8 Å². The number of allylic oxidation sites excluding steroid dienone is 3. The second-order valence-corrected chi connectivity index (χ2v) is 11.4. The molecule has 3 fully saturated rings. The Morgan fingerprint density at radius 1 is 1.05 bits per heavy atom. The molecule has 0 aromatic heterocycles. The van der Waals surface area contributed by atoms with Crippen LogP contribution in [0.4, 0.5) is 0 Å². The van der Waals surface area contributed by atoms with Crippen LogP contribution in [-0.2, 0) is 33.3 Å². The number of carbonyl (C=O) groups excluding carboxylic acids is 2. The highest BCUT2D eigenvalue weighted by molar-refractivity contribution is 5.83. The molecule has 2 aliphatic carbocycles. The maximum Gasteiger partial charge on any atom is 0.331 e. The normalized spacial score (nSPS) is 46.2. The molecule has 0 radical (unpaired) electrons. The van der Waals surface area contributed by atoms with E-state index in [4.69, 9.17) is 23.7 Å². The summed E-state index contributed by atoms with van der Waals surface area (Å²) in [6.07, 6.45) is 10.5. The first-order valence-corrected chi connectivity index (χ1v) is 13.3. The molecule has 0 unspecified atom stereocenters. The SMILES string of the molecule is CC1=C[C@H]2O[C@@H]3C[C@H]4OC(=O)/C=C\C=C/[C@H]([C@H](C)O)OCC/C(C)=C\C(=O)OC[C@@]2(CC1)[C@]4(C)[C@@]31CO1. The van der Waals surface area contributed by atoms with E-state index in [1.807, 2.05) is 6.92 Å². The summed E-state index contributed by atoms with van der Waals surface area (Å²) in [6, 6.07) is 0. The molecule has 202 valence electrons. The number of carbonyl (C=O) groups is 2. The number of esters is 2. The van der Waals surface area contributed by atoms with Crippen molar-refractivity contribution in [2.24, 2.45) is 10.8 Å². The Labute approximate surface area is 218 Å². The molecule has 2 spiro atoms. The number of aliphatic hydroxyl groups is 1. The summed E-state index contributed by atoms with van der Waals surface area (Å²) in [6.45, 7) is 8.73. The predicted molar refractivity (Wildman–Crippen MR) is 134 cm³/mol. The van der Waals surface area contributed by atoms with Crippen molar-refractivity contribution in [2.75, 3.05) is 19.8 Å². The average Bonchev–Trinajstić information content (AvgIpc) is 3.61. The maximum atomic E-state index is 12.9. The Kier molecular flexibility index (Phi) is 6.98. The monoisotopic (exact) mass is 514 g/mol. The number of cyclic esters (lactones) is 1. The Bertz CT molecular complexity index is 1050. The van der Waals surface area contributed by atoms with Gasteiger partial charge in [-0.2, -0.15) is 0 Å². The molecule has 1 N–H and O–H groups in total. The number of rotatable bonds is 1. The van der Waals surface area contributed by atoms with Gasteiger partial charge in [-0.1, -0.05) is 42.4 Å². The molecule has 37 heavy (non-hydrogen) atoms. The molecule has 2 bridgehead atoms. The lowest BCUT2D eigenvalue weighted by Gasteiger charge is -2.58. The maximum absolute atomic E-state index is 12.9. The van der Waals surface area contributed by atoms with Crippen molar-refractivity contribution in [3.8, 4) is 0 Å². The molecule has 0 amide bonds. The molecule has 1 saturated carbocycles. The lowest BCUT2D eigenvalue weighted by molar-refractivity contribution is -0.232. The summed E-state index contributed by atoms with van der Waals surface area (Å²) in [7, 11) is 0. The Morgan fingerprint density at radius 3 is 2.57 bits per heavy atom. The van der Waals surface area contributed by atoms with Crippen LogP contribution in [0, 0.1) is 10.8 Å². The van der Waals surface area contributed by atoms with E-state index in [0.29, 0.717) is 26.1 Å². The highest BCUT2D eigenvalue weighted by Crippen LogP contribution is 2.72. The molecule has 8 nitrogen and oxygen atoms in total. The van der Waals surface area contributed by atoms with Crippen LogP contribution in [0.15, 0.2) is 47.6 Å². The van der Waals surface area contributed by atoms with E-state index in [0.717, 1.165) is 18.4 Å². The third-order valence-corrected chi connectivity index (χ3v) is 9.24. The summed E-state index contributed by atoms with van der Waals surface area (Å²) in [4.78, 5) is 25.9. The topological polar surface area (TPSA) is 104 Å². The number of epoxide rings is 1. The molecule has 8 atom stereocenters. The average molecular weight is 515 g/mol. The van der Waals surface area contributed by atoms with Crippen molar-refractivity contribution in [3.63, 3.8) is 0 Å². The minimum absolute atomic E-state index is 0.144. The van der Waals surface area contributed by atoms with Crippen LogP contribution in [-0.4, -0.2) is 73.0 Å². The highest BCUT2D eigenvalue weighted by atomic mass is 16.6. The van der Waals surface area contributed by atoms with Crippen molar-refractivity contribution in [3.05, 3.63) is 47.6 Å². The molecule has 5 rings (SSSR count). The number of hydrogen-bond acceptors (Lipinski definition) is 8. The van der Waals surface area contributed by atoms with Crippen LogP contribution < -0.4 is 0 Å². The van der Waals surface area contributed by atoms with E-state index < -0.39 is 46.7 Å². The molecule has 2 saturated heterocycles. The summed E-state index contributed by atoms with van der Waals surface area (Å²) in [5.41, 5.74) is 0.318. The van der Waals surface area contributed by atoms with Gasteiger partial charge in [0.05, 0.1) is 36.9 Å². The van der Waals surface area contributed by atoms with Gasteiger partial charge in [-0.25, -0.2) is 9.59 Å². The Hall–Kier alpha value is -2.26. The third kappa shape index (κ3) is 4.42. The fourth-order valence-corrected chi connectivity index (χ4v) is 6.85. The molecule has 3 aliphatic heterocycles. The number of ether oxygens (including phenoxy) is 5. The summed E-state index contributed by atoms with van der Waals surface area (Å²) in [5.74, 6) is -0.879. The van der Waals surface area contributed by atoms with Gasteiger partial charge in [0.2, 0.25) is 0 Å². The van der Waals surface area contributed by atoms with Gasteiger partial charge >= 0.3 is 11.9 Å². The van der Waals surface area contributed by atoms with E-state index >= 15 is 0 Å². The second-order valence-electron chi connectivity index (χ2n) is 11.4. The lowest BCUT2D eigenvalue weighted by Crippen LogP contribution is -2.66. The number of hydrogen-bond donors (Lipinski definition) is 1. The van der Waals surface area contributed by atoms with Gasteiger partial charge in [0.1, 0.15) is 24.4 Å². The first-order valence-electron chi connectivity index (χ1n) is 13.3. The van der Waals surface area contributed by atoms with E-state index in [2.05, 4.69) is 19.9 Å². The Morgan fingerprint density at radius 2 is 1.84 bits per heavy atom. The zero-order chi connectivity index (χ0) is 26.4. The largest absolute Gasteiger partial charge is 0.462 e. The standard InChI is InChI=1S/C29H38O8/c1-18-9-11-28-16-34-26(32)14-19(2)10-12-33-21(20(3)30)7-5-6-8-25(31)37-22-15-24(36-23(28)13-18)29(17-35-29)27(22,28)4/h5-8,13-14,20-24,30H,9-12,15-17H2,1-4H3/b7-5-,8-6-,19-14-/t20-,21+,22+,23+,24+,27+,28+,29+/m0/s1. The fraction of sp³-hybridized carbons (Fsp3) is 0.655. The van der Waals surface area contributed by atoms with Gasteiger partial charge in [-0.15, -0.1) is 0 Å². The van der Waals surface area contributed by atoms with Crippen molar-refractivity contribution in [1.29, 1.82) is 0 Å². The molecule has 8 heteroatoms. The highest BCUT2D eigenvalue weighted by Gasteiger charge is 2.83. The van der Waals surface area contributed by atoms with E-state index in [1.165, 1.54) is 17.7 Å². The molecule has 0 aromatic carbocycles. The van der Waals surface area contributed by atoms with Crippen molar-refractivity contribution in [2.45, 2.75) is 89.5 Å². The van der Waals surface area contributed by atoms with Crippen LogP contribution in [0.25, 0.3) is 0 Å². The zero-order valence-electron chi connectivity index (χ0n) is 22.1. The van der Waals surface area contributed by atoms with Crippen LogP contribution in [0.1, 0.15) is 53.4 Å². The van der Waals surface area contributed by atoms with Crippen molar-refractivity contribution < 1.29 is 38.4 Å². The molecule has 0 aromatic rings. The first-order chi connectivity index (χ1) is 17.6. The molecule has 5 aliphatic rings. The van der Waals surface area contributed by atoms with Gasteiger partial charge in [-0.3, -0.25) is 0 Å². The van der Waals surface area contributed by atoms with Crippen molar-refractivity contribution >= 4 is 11.9 Å². The number of aliphatic hydroxyl groups excluding tert-OH is 1. The quantitative estimate of drug-likeness (QED) is 0.323. The van der Waals surface area contributed by atoms with Crippen LogP contribution >= 0.6 is 0 Å². The smallest absolute Gasteiger partial charge is 0.331 e. The fourth-order valence-electron chi connectivity index (χ4n) is 6.85. The summed E-state index contributed by atoms with van der Waals surface area (Å²) < 4.78 is 30.6. The van der Waals surface area contributed by atoms with Crippen LogP contribution in [0.5, 0.6) is 0 Å². The summed E-state index contributed by atoms with van der Waals surface area (Å²) >= 11 is 0. The minimum atomic E-state index is -0.735. The van der Waals surface area contributed by atoms with Gasteiger partial charge in [0.25, 0.3) is 0 Å². The zero-order valence-corrected chi connectivity index (χ0v) is 22.1. The van der Waals surface area contributed by atoms with Crippen LogP contribution in [0.2, 0.25) is 0 Å². The van der Waals surface area contributed by atoms with Gasteiger partial charge in [0.15, 0.2) is 0 Å². The molecule has 3 heterocycles. The lowest BCUT2D eigenvalue weighted by atomic mass is 9.51. The molecular weight excluding hydrogens is 476 g/mol. The van der Waals surface area contributed by atoms with E-state index in [1.54, 1.807) is 25.2 Å². The molecular formula is C29H38O8. The predicted octanol–water partition coefficient (Wildman–Crippen LogP) is 3.34. The summed E-state index contributed by atoms with van der Waals surface area (Å²) in [5, 5.41) is 10.0. The van der Waals surface area contributed by atoms with Gasteiger partial charge < -0.3 is 28.8 Å². The Balaban J connectivity index is 1.51.